The SMILES string of the molecule is O=C(O)[C@H]1C[C@H](CCB(O)O)CC[C@H]1CN1CCCC1. The standard InChI is InChI=1S/C14H26BNO4/c17-14(18)13-9-11(5-6-15(19)20)3-4-12(13)10-16-7-1-2-8-16/h11-13,19-20H,1-10H2,(H,17,18)/t11-,12-,13-/m0/s1. The molecule has 0 bridgehead atoms. The van der Waals surface area contributed by atoms with E-state index in [-0.39, 0.29) is 11.8 Å². The molecular weight excluding hydrogens is 257 g/mol. The summed E-state index contributed by atoms with van der Waals surface area (Å²) in [5.74, 6) is -0.345. The van der Waals surface area contributed by atoms with Gasteiger partial charge < -0.3 is 20.1 Å². The number of nitrogens with zero attached hydrogens (tertiary/aromatic N) is 1. The van der Waals surface area contributed by atoms with Crippen LogP contribution in [0.1, 0.15) is 38.5 Å². The maximum Gasteiger partial charge on any atom is 0.451 e. The Morgan fingerprint density at radius 3 is 2.50 bits per heavy atom. The van der Waals surface area contributed by atoms with Crippen LogP contribution >= 0.6 is 0 Å². The maximum absolute atomic E-state index is 11.5. The van der Waals surface area contributed by atoms with Crippen molar-refractivity contribution in [1.82, 2.24) is 4.90 Å². The number of carboxylic acids is 1. The van der Waals surface area contributed by atoms with E-state index in [9.17, 15) is 9.90 Å². The van der Waals surface area contributed by atoms with Crippen LogP contribution in [0.2, 0.25) is 6.32 Å². The smallest absolute Gasteiger partial charge is 0.451 e. The van der Waals surface area contributed by atoms with Crippen molar-refractivity contribution in [2.45, 2.75) is 44.8 Å². The van der Waals surface area contributed by atoms with Crippen LogP contribution in [0.25, 0.3) is 0 Å². The summed E-state index contributed by atoms with van der Waals surface area (Å²) in [7, 11) is -1.26. The summed E-state index contributed by atoms with van der Waals surface area (Å²) in [6.07, 6.45) is 6.23. The molecule has 1 aliphatic carbocycles. The van der Waals surface area contributed by atoms with Crippen LogP contribution in [0.15, 0.2) is 0 Å². The van der Waals surface area contributed by atoms with Crippen molar-refractivity contribution in [3.63, 3.8) is 0 Å². The minimum Gasteiger partial charge on any atom is -0.481 e. The first-order chi connectivity index (χ1) is 9.56. The van der Waals surface area contributed by atoms with Crippen LogP contribution in [0.4, 0.5) is 0 Å². The topological polar surface area (TPSA) is 81.0 Å². The van der Waals surface area contributed by atoms with Gasteiger partial charge in [0.2, 0.25) is 0 Å². The Morgan fingerprint density at radius 1 is 1.20 bits per heavy atom. The van der Waals surface area contributed by atoms with Gasteiger partial charge >= 0.3 is 13.1 Å². The van der Waals surface area contributed by atoms with Crippen LogP contribution < -0.4 is 0 Å². The average molecular weight is 283 g/mol. The molecule has 1 heterocycles. The van der Waals surface area contributed by atoms with E-state index < -0.39 is 13.1 Å². The number of rotatable bonds is 6. The molecule has 114 valence electrons. The zero-order valence-corrected chi connectivity index (χ0v) is 12.1. The molecule has 20 heavy (non-hydrogen) atoms. The number of carbonyl (C=O) groups is 1. The van der Waals surface area contributed by atoms with Gasteiger partial charge in [0, 0.05) is 6.54 Å². The predicted molar refractivity (Wildman–Crippen MR) is 77.2 cm³/mol. The highest BCUT2D eigenvalue weighted by atomic mass is 16.4. The Morgan fingerprint density at radius 2 is 1.90 bits per heavy atom. The van der Waals surface area contributed by atoms with Gasteiger partial charge in [0.05, 0.1) is 5.92 Å². The lowest BCUT2D eigenvalue weighted by molar-refractivity contribution is -0.146. The van der Waals surface area contributed by atoms with E-state index in [2.05, 4.69) is 4.90 Å². The zero-order valence-electron chi connectivity index (χ0n) is 12.1. The molecule has 1 saturated heterocycles. The maximum atomic E-state index is 11.5. The molecule has 6 heteroatoms. The summed E-state index contributed by atoms with van der Waals surface area (Å²) in [6.45, 7) is 3.15. The van der Waals surface area contributed by atoms with Crippen molar-refractivity contribution < 1.29 is 19.9 Å². The molecular formula is C14H26BNO4. The van der Waals surface area contributed by atoms with Crippen molar-refractivity contribution in [1.29, 1.82) is 0 Å². The molecule has 2 rings (SSSR count). The van der Waals surface area contributed by atoms with E-state index in [1.165, 1.54) is 12.8 Å². The van der Waals surface area contributed by atoms with E-state index in [0.717, 1.165) is 38.9 Å². The second-order valence-electron chi connectivity index (χ2n) is 6.45. The van der Waals surface area contributed by atoms with Crippen molar-refractivity contribution in [3.8, 4) is 0 Å². The number of hydrogen-bond acceptors (Lipinski definition) is 4. The van der Waals surface area contributed by atoms with Crippen LogP contribution in [0.3, 0.4) is 0 Å². The fourth-order valence-electron chi connectivity index (χ4n) is 3.79. The Bertz CT molecular complexity index is 320. The first-order valence-corrected chi connectivity index (χ1v) is 7.87. The van der Waals surface area contributed by atoms with Crippen molar-refractivity contribution in [2.24, 2.45) is 17.8 Å². The summed E-state index contributed by atoms with van der Waals surface area (Å²) in [5.41, 5.74) is 0. The fraction of sp³-hybridized carbons (Fsp3) is 0.929. The van der Waals surface area contributed by atoms with Gasteiger partial charge in [0.25, 0.3) is 0 Å². The van der Waals surface area contributed by atoms with Crippen molar-refractivity contribution >= 4 is 13.1 Å². The molecule has 3 N–H and O–H groups in total. The van der Waals surface area contributed by atoms with Gasteiger partial charge in [-0.3, -0.25) is 4.79 Å². The molecule has 0 aromatic carbocycles. The van der Waals surface area contributed by atoms with Crippen molar-refractivity contribution in [3.05, 3.63) is 0 Å². The molecule has 0 aromatic rings. The Balaban J connectivity index is 1.85. The third-order valence-electron chi connectivity index (χ3n) is 4.94. The largest absolute Gasteiger partial charge is 0.481 e. The lowest BCUT2D eigenvalue weighted by atomic mass is 9.70. The number of carboxylic acid groups (broad SMARTS) is 1. The summed E-state index contributed by atoms with van der Waals surface area (Å²) in [5, 5.41) is 27.3. The first kappa shape index (κ1) is 15.8. The van der Waals surface area contributed by atoms with Crippen LogP contribution in [0.5, 0.6) is 0 Å². The van der Waals surface area contributed by atoms with Gasteiger partial charge in [-0.2, -0.15) is 0 Å². The third kappa shape index (κ3) is 4.47. The normalized spacial score (nSPS) is 31.4. The van der Waals surface area contributed by atoms with Crippen LogP contribution in [0, 0.1) is 17.8 Å². The minimum absolute atomic E-state index is 0.259. The molecule has 0 radical (unpaired) electrons. The molecule has 1 aliphatic heterocycles. The highest BCUT2D eigenvalue weighted by Crippen LogP contribution is 2.37. The van der Waals surface area contributed by atoms with Gasteiger partial charge in [0.15, 0.2) is 0 Å². The second kappa shape index (κ2) is 7.43. The molecule has 2 aliphatic rings. The van der Waals surface area contributed by atoms with Gasteiger partial charge in [-0.15, -0.1) is 0 Å². The Kier molecular flexibility index (Phi) is 5.87. The quantitative estimate of drug-likeness (QED) is 0.635. The molecule has 0 aromatic heterocycles. The number of likely N-dealkylation sites (tertiary alicyclic amines) is 1. The third-order valence-corrected chi connectivity index (χ3v) is 4.94. The highest BCUT2D eigenvalue weighted by Gasteiger charge is 2.36. The average Bonchev–Trinajstić information content (AvgIpc) is 2.90. The van der Waals surface area contributed by atoms with E-state index in [4.69, 9.17) is 10.0 Å². The molecule has 0 unspecified atom stereocenters. The van der Waals surface area contributed by atoms with Crippen LogP contribution in [-0.2, 0) is 4.79 Å². The van der Waals surface area contributed by atoms with Crippen molar-refractivity contribution in [2.75, 3.05) is 19.6 Å². The van der Waals surface area contributed by atoms with Gasteiger partial charge in [0.1, 0.15) is 0 Å². The summed E-state index contributed by atoms with van der Waals surface area (Å²) in [6, 6.07) is 0. The summed E-state index contributed by atoms with van der Waals surface area (Å²) >= 11 is 0. The van der Waals surface area contributed by atoms with Gasteiger partial charge in [-0.25, -0.2) is 0 Å². The number of aliphatic carboxylic acids is 1. The highest BCUT2D eigenvalue weighted by molar-refractivity contribution is 6.40. The first-order valence-electron chi connectivity index (χ1n) is 7.87. The predicted octanol–water partition coefficient (Wildman–Crippen LogP) is 1.06. The summed E-state index contributed by atoms with van der Waals surface area (Å²) in [4.78, 5) is 13.9. The lowest BCUT2D eigenvalue weighted by Gasteiger charge is -2.36. The van der Waals surface area contributed by atoms with E-state index >= 15 is 0 Å². The summed E-state index contributed by atoms with van der Waals surface area (Å²) < 4.78 is 0. The Labute approximate surface area is 121 Å². The van der Waals surface area contributed by atoms with E-state index in [1.54, 1.807) is 0 Å². The molecule has 2 fully saturated rings. The fourth-order valence-corrected chi connectivity index (χ4v) is 3.79. The second-order valence-corrected chi connectivity index (χ2v) is 6.45. The number of hydrogen-bond donors (Lipinski definition) is 3. The lowest BCUT2D eigenvalue weighted by Crippen LogP contribution is -2.38. The molecule has 0 amide bonds. The van der Waals surface area contributed by atoms with Crippen LogP contribution in [-0.4, -0.2) is 52.8 Å². The van der Waals surface area contributed by atoms with Gasteiger partial charge in [-0.05, 0) is 56.9 Å². The molecule has 0 spiro atoms. The minimum atomic E-state index is -1.26. The van der Waals surface area contributed by atoms with E-state index in [1.807, 2.05) is 0 Å². The molecule has 1 saturated carbocycles. The molecule has 5 nitrogen and oxygen atoms in total. The zero-order chi connectivity index (χ0) is 14.5. The monoisotopic (exact) mass is 283 g/mol. The molecule has 3 atom stereocenters. The van der Waals surface area contributed by atoms with E-state index in [0.29, 0.717) is 18.7 Å². The Hall–Kier alpha value is -0.585. The van der Waals surface area contributed by atoms with Gasteiger partial charge in [-0.1, -0.05) is 12.8 Å².